The minimum absolute atomic E-state index is 0.0638. The summed E-state index contributed by atoms with van der Waals surface area (Å²) in [5.74, 6) is -1.09. The van der Waals surface area contributed by atoms with Gasteiger partial charge in [0.2, 0.25) is 0 Å². The van der Waals surface area contributed by atoms with Gasteiger partial charge in [-0.05, 0) is 11.6 Å². The lowest BCUT2D eigenvalue weighted by atomic mass is 10.0. The van der Waals surface area contributed by atoms with Crippen molar-refractivity contribution in [3.63, 3.8) is 0 Å². The van der Waals surface area contributed by atoms with E-state index in [2.05, 4.69) is 15.9 Å². The monoisotopic (exact) mass is 298 g/mol. The molecule has 0 amide bonds. The third-order valence-corrected chi connectivity index (χ3v) is 2.79. The largest absolute Gasteiger partial charge is 0.389 e. The molecule has 0 saturated heterocycles. The summed E-state index contributed by atoms with van der Waals surface area (Å²) in [5, 5.41) is 18.9. The molecule has 1 aromatic rings. The van der Waals surface area contributed by atoms with Gasteiger partial charge in [-0.15, -0.1) is 0 Å². The molecule has 0 aromatic heterocycles. The zero-order valence-electron chi connectivity index (χ0n) is 8.08. The molecule has 0 bridgehead atoms. The lowest BCUT2D eigenvalue weighted by Crippen LogP contribution is -2.19. The first kappa shape index (κ1) is 13.5. The number of alkyl halides is 3. The molecule has 2 atom stereocenters. The van der Waals surface area contributed by atoms with E-state index in [9.17, 15) is 23.4 Å². The standard InChI is InChI=1S/C10H10BrF3O2/c11-4-8(15)9(16)5-1-2-6(10(13)14)7(12)3-5/h1-3,8-10,15-16H,4H2. The SMILES string of the molecule is OC(CBr)C(O)c1ccc(C(F)F)c(F)c1. The molecule has 0 aliphatic heterocycles. The van der Waals surface area contributed by atoms with Crippen molar-refractivity contribution in [3.05, 3.63) is 35.1 Å². The second-order valence-corrected chi connectivity index (χ2v) is 3.90. The Kier molecular flexibility index (Phi) is 4.76. The Morgan fingerprint density at radius 3 is 2.31 bits per heavy atom. The normalized spacial score (nSPS) is 15.2. The van der Waals surface area contributed by atoms with Crippen molar-refractivity contribution in [2.75, 3.05) is 5.33 Å². The van der Waals surface area contributed by atoms with Crippen LogP contribution in [0.15, 0.2) is 18.2 Å². The molecule has 0 saturated carbocycles. The smallest absolute Gasteiger partial charge is 0.266 e. The van der Waals surface area contributed by atoms with Crippen LogP contribution in [0.3, 0.4) is 0 Å². The van der Waals surface area contributed by atoms with Crippen LogP contribution in [-0.2, 0) is 0 Å². The lowest BCUT2D eigenvalue weighted by molar-refractivity contribution is 0.0340. The van der Waals surface area contributed by atoms with Gasteiger partial charge in [0.05, 0.1) is 11.7 Å². The zero-order valence-corrected chi connectivity index (χ0v) is 9.66. The second kappa shape index (κ2) is 5.65. The quantitative estimate of drug-likeness (QED) is 0.839. The van der Waals surface area contributed by atoms with E-state index in [1.807, 2.05) is 0 Å². The van der Waals surface area contributed by atoms with Gasteiger partial charge in [0.1, 0.15) is 11.9 Å². The summed E-state index contributed by atoms with van der Waals surface area (Å²) in [7, 11) is 0. The Morgan fingerprint density at radius 1 is 1.25 bits per heavy atom. The molecule has 2 N–H and O–H groups in total. The Labute approximate surface area is 98.8 Å². The number of hydrogen-bond donors (Lipinski definition) is 2. The van der Waals surface area contributed by atoms with E-state index >= 15 is 0 Å². The Hall–Kier alpha value is -0.590. The summed E-state index contributed by atoms with van der Waals surface area (Å²) in [6.07, 6.45) is -5.32. The molecule has 2 unspecified atom stereocenters. The van der Waals surface area contributed by atoms with Gasteiger partial charge in [-0.3, -0.25) is 0 Å². The molecule has 16 heavy (non-hydrogen) atoms. The maximum Gasteiger partial charge on any atom is 0.266 e. The maximum absolute atomic E-state index is 13.1. The Bertz CT molecular complexity index is 360. The van der Waals surface area contributed by atoms with Crippen molar-refractivity contribution in [2.45, 2.75) is 18.6 Å². The van der Waals surface area contributed by atoms with Crippen LogP contribution >= 0.6 is 15.9 Å². The van der Waals surface area contributed by atoms with Gasteiger partial charge in [-0.25, -0.2) is 13.2 Å². The fourth-order valence-corrected chi connectivity index (χ4v) is 1.56. The first-order valence-electron chi connectivity index (χ1n) is 4.47. The van der Waals surface area contributed by atoms with Crippen molar-refractivity contribution in [2.24, 2.45) is 0 Å². The van der Waals surface area contributed by atoms with E-state index in [0.717, 1.165) is 12.1 Å². The van der Waals surface area contributed by atoms with E-state index in [0.29, 0.717) is 0 Å². The van der Waals surface area contributed by atoms with Crippen molar-refractivity contribution < 1.29 is 23.4 Å². The molecular formula is C10H10BrF3O2. The number of aliphatic hydroxyl groups excluding tert-OH is 2. The van der Waals surface area contributed by atoms with Crippen LogP contribution in [0.4, 0.5) is 13.2 Å². The Balaban J connectivity index is 2.97. The maximum atomic E-state index is 13.1. The minimum atomic E-state index is -2.90. The van der Waals surface area contributed by atoms with Gasteiger partial charge >= 0.3 is 0 Å². The van der Waals surface area contributed by atoms with E-state index in [-0.39, 0.29) is 10.9 Å². The highest BCUT2D eigenvalue weighted by molar-refractivity contribution is 9.09. The summed E-state index contributed by atoms with van der Waals surface area (Å²) in [5.41, 5.74) is -0.655. The average molecular weight is 299 g/mol. The molecule has 6 heteroatoms. The summed E-state index contributed by atoms with van der Waals surface area (Å²) in [6.45, 7) is 0. The van der Waals surface area contributed by atoms with Gasteiger partial charge in [-0.2, -0.15) is 0 Å². The van der Waals surface area contributed by atoms with Crippen molar-refractivity contribution in [1.29, 1.82) is 0 Å². The number of hydrogen-bond acceptors (Lipinski definition) is 2. The highest BCUT2D eigenvalue weighted by Crippen LogP contribution is 2.26. The van der Waals surface area contributed by atoms with Crippen LogP contribution in [-0.4, -0.2) is 21.6 Å². The van der Waals surface area contributed by atoms with Gasteiger partial charge < -0.3 is 10.2 Å². The summed E-state index contributed by atoms with van der Waals surface area (Å²) < 4.78 is 37.6. The molecule has 0 fully saturated rings. The predicted octanol–water partition coefficient (Wildman–Crippen LogP) is 2.55. The first-order chi connectivity index (χ1) is 7.47. The van der Waals surface area contributed by atoms with Crippen LogP contribution in [0.25, 0.3) is 0 Å². The van der Waals surface area contributed by atoms with Crippen LogP contribution in [0, 0.1) is 5.82 Å². The molecule has 0 aliphatic carbocycles. The molecule has 2 nitrogen and oxygen atoms in total. The highest BCUT2D eigenvalue weighted by Gasteiger charge is 2.20. The van der Waals surface area contributed by atoms with Crippen LogP contribution in [0.1, 0.15) is 23.7 Å². The van der Waals surface area contributed by atoms with Gasteiger partial charge in [-0.1, -0.05) is 28.1 Å². The summed E-state index contributed by atoms with van der Waals surface area (Å²) in [6, 6.07) is 2.87. The van der Waals surface area contributed by atoms with Gasteiger partial charge in [0.15, 0.2) is 0 Å². The Morgan fingerprint density at radius 2 is 1.88 bits per heavy atom. The molecule has 0 radical (unpaired) electrons. The zero-order chi connectivity index (χ0) is 12.3. The fraction of sp³-hybridized carbons (Fsp3) is 0.400. The molecule has 0 spiro atoms. The number of benzene rings is 1. The first-order valence-corrected chi connectivity index (χ1v) is 5.59. The summed E-state index contributed by atoms with van der Waals surface area (Å²) in [4.78, 5) is 0. The minimum Gasteiger partial charge on any atom is -0.389 e. The van der Waals surface area contributed by atoms with E-state index in [1.54, 1.807) is 0 Å². The van der Waals surface area contributed by atoms with Crippen molar-refractivity contribution >= 4 is 15.9 Å². The third kappa shape index (κ3) is 2.96. The van der Waals surface area contributed by atoms with Gasteiger partial charge in [0, 0.05) is 5.33 Å². The third-order valence-electron chi connectivity index (χ3n) is 2.12. The van der Waals surface area contributed by atoms with Crippen LogP contribution in [0.5, 0.6) is 0 Å². The van der Waals surface area contributed by atoms with E-state index < -0.39 is 30.0 Å². The molecular weight excluding hydrogens is 289 g/mol. The van der Waals surface area contributed by atoms with Crippen molar-refractivity contribution in [3.8, 4) is 0 Å². The van der Waals surface area contributed by atoms with Crippen LogP contribution in [0.2, 0.25) is 0 Å². The highest BCUT2D eigenvalue weighted by atomic mass is 79.9. The number of rotatable bonds is 4. The average Bonchev–Trinajstić information content (AvgIpc) is 2.26. The van der Waals surface area contributed by atoms with E-state index in [4.69, 9.17) is 0 Å². The molecule has 0 aliphatic rings. The van der Waals surface area contributed by atoms with E-state index in [1.165, 1.54) is 6.07 Å². The fourth-order valence-electron chi connectivity index (χ4n) is 1.21. The van der Waals surface area contributed by atoms with Crippen molar-refractivity contribution in [1.82, 2.24) is 0 Å². The van der Waals surface area contributed by atoms with Gasteiger partial charge in [0.25, 0.3) is 6.43 Å². The second-order valence-electron chi connectivity index (χ2n) is 3.25. The summed E-state index contributed by atoms with van der Waals surface area (Å²) >= 11 is 2.95. The number of aliphatic hydroxyl groups is 2. The molecule has 1 aromatic carbocycles. The lowest BCUT2D eigenvalue weighted by Gasteiger charge is -2.16. The predicted molar refractivity (Wildman–Crippen MR) is 56.1 cm³/mol. The molecule has 0 heterocycles. The topological polar surface area (TPSA) is 40.5 Å². The molecule has 1 rings (SSSR count). The number of halogens is 4. The molecule has 90 valence electrons. The van der Waals surface area contributed by atoms with Crippen LogP contribution < -0.4 is 0 Å².